The topological polar surface area (TPSA) is 165 Å². The van der Waals surface area contributed by atoms with Crippen LogP contribution in [0.25, 0.3) is 11.0 Å². The third-order valence-corrected chi connectivity index (χ3v) is 6.79. The summed E-state index contributed by atoms with van der Waals surface area (Å²) in [7, 11) is 1.31. The van der Waals surface area contributed by atoms with Crippen molar-refractivity contribution in [2.24, 2.45) is 10.7 Å². The summed E-state index contributed by atoms with van der Waals surface area (Å²) in [5, 5.41) is 3.29. The van der Waals surface area contributed by atoms with Gasteiger partial charge in [0.25, 0.3) is 5.91 Å². The zero-order chi connectivity index (χ0) is 31.3. The van der Waals surface area contributed by atoms with Crippen molar-refractivity contribution >= 4 is 46.3 Å². The number of aromatic nitrogens is 3. The first-order chi connectivity index (χ1) is 21.4. The highest BCUT2D eigenvalue weighted by Gasteiger charge is 2.21. The molecule has 4 rings (SSSR count). The van der Waals surface area contributed by atoms with Gasteiger partial charge in [0.2, 0.25) is 0 Å². The molecule has 0 fully saturated rings. The predicted octanol–water partition coefficient (Wildman–Crippen LogP) is 5.20. The average molecular weight is 600 g/mol. The molecule has 4 aromatic rings. The van der Waals surface area contributed by atoms with E-state index in [0.717, 1.165) is 36.9 Å². The van der Waals surface area contributed by atoms with Gasteiger partial charge in [-0.05, 0) is 61.0 Å². The number of H-pyrrole nitrogens is 1. The quantitative estimate of drug-likeness (QED) is 0.0764. The van der Waals surface area contributed by atoms with E-state index in [-0.39, 0.29) is 24.7 Å². The lowest BCUT2D eigenvalue weighted by molar-refractivity contribution is -0.140. The molecule has 12 nitrogen and oxygen atoms in total. The molecule has 0 aliphatic carbocycles. The summed E-state index contributed by atoms with van der Waals surface area (Å²) >= 11 is 0. The van der Waals surface area contributed by atoms with E-state index in [0.29, 0.717) is 41.4 Å². The minimum atomic E-state index is -0.693. The van der Waals surface area contributed by atoms with Crippen LogP contribution in [0.1, 0.15) is 60.8 Å². The third-order valence-electron chi connectivity index (χ3n) is 6.79. The zero-order valence-corrected chi connectivity index (χ0v) is 24.9. The Labute approximate surface area is 255 Å². The van der Waals surface area contributed by atoms with Gasteiger partial charge in [-0.2, -0.15) is 4.99 Å². The second-order valence-electron chi connectivity index (χ2n) is 9.99. The van der Waals surface area contributed by atoms with Crippen LogP contribution < -0.4 is 16.0 Å². The van der Waals surface area contributed by atoms with Gasteiger partial charge in [0.1, 0.15) is 17.5 Å². The van der Waals surface area contributed by atoms with Crippen molar-refractivity contribution in [3.05, 3.63) is 83.8 Å². The van der Waals surface area contributed by atoms with Crippen molar-refractivity contribution in [3.63, 3.8) is 0 Å². The lowest BCUT2D eigenvalue weighted by atomic mass is 10.1. The number of pyridine rings is 1. The van der Waals surface area contributed by atoms with Crippen LogP contribution in [0.2, 0.25) is 0 Å². The minimum Gasteiger partial charge on any atom is -0.469 e. The second-order valence-corrected chi connectivity index (χ2v) is 9.99. The monoisotopic (exact) mass is 599 g/mol. The first-order valence-electron chi connectivity index (χ1n) is 14.5. The number of benzene rings is 2. The third kappa shape index (κ3) is 8.87. The Kier molecular flexibility index (Phi) is 11.4. The maximum absolute atomic E-state index is 13.5. The summed E-state index contributed by atoms with van der Waals surface area (Å²) in [6.45, 7) is 2.97. The number of nitrogens with two attached hydrogens (primary N) is 1. The molecule has 2 aromatic heterocycles. The molecule has 0 saturated carbocycles. The molecule has 0 bridgehead atoms. The van der Waals surface area contributed by atoms with Crippen LogP contribution in [0.4, 0.5) is 16.3 Å². The number of imidazole rings is 1. The summed E-state index contributed by atoms with van der Waals surface area (Å²) in [5.41, 5.74) is 9.21. The number of anilines is 2. The van der Waals surface area contributed by atoms with Crippen LogP contribution in [0.5, 0.6) is 0 Å². The first kappa shape index (κ1) is 31.7. The Bertz CT molecular complexity index is 1590. The Morgan fingerprint density at radius 1 is 1.02 bits per heavy atom. The normalized spacial score (nSPS) is 11.3. The number of aromatic amines is 1. The lowest BCUT2D eigenvalue weighted by Gasteiger charge is -2.21. The van der Waals surface area contributed by atoms with Crippen LogP contribution in [0.15, 0.2) is 71.9 Å². The van der Waals surface area contributed by atoms with Gasteiger partial charge in [-0.15, -0.1) is 0 Å². The Morgan fingerprint density at radius 3 is 2.55 bits per heavy atom. The number of nitrogens with zero attached hydrogens (tertiary/aromatic N) is 4. The van der Waals surface area contributed by atoms with Crippen LogP contribution in [-0.2, 0) is 20.8 Å². The molecule has 0 radical (unpaired) electrons. The Hall–Kier alpha value is -5.26. The van der Waals surface area contributed by atoms with Crippen molar-refractivity contribution in [1.82, 2.24) is 15.0 Å². The van der Waals surface area contributed by atoms with Crippen molar-refractivity contribution in [1.29, 1.82) is 0 Å². The van der Waals surface area contributed by atoms with Crippen molar-refractivity contribution in [2.75, 3.05) is 30.5 Å². The molecular formula is C32H37N7O5. The molecule has 2 aromatic carbocycles. The van der Waals surface area contributed by atoms with Gasteiger partial charge < -0.3 is 25.5 Å². The molecule has 0 saturated heterocycles. The van der Waals surface area contributed by atoms with E-state index in [1.807, 2.05) is 12.1 Å². The molecule has 0 aliphatic rings. The molecule has 2 heterocycles. The number of amides is 2. The SMILES string of the molecule is CCCCCCOC(=O)/N=C(/N)c1ccc(NCc2nc3cc(C(=O)N(CCC(=O)OC)c4ccccn4)ccc3[nH]2)cc1. The van der Waals surface area contributed by atoms with E-state index in [2.05, 4.69) is 32.2 Å². The highest BCUT2D eigenvalue weighted by Crippen LogP contribution is 2.20. The smallest absolute Gasteiger partial charge is 0.435 e. The van der Waals surface area contributed by atoms with Gasteiger partial charge >= 0.3 is 12.1 Å². The lowest BCUT2D eigenvalue weighted by Crippen LogP contribution is -2.33. The maximum atomic E-state index is 13.5. The summed E-state index contributed by atoms with van der Waals surface area (Å²) in [4.78, 5) is 54.6. The number of methoxy groups -OCH3 is 1. The molecule has 12 heteroatoms. The fourth-order valence-electron chi connectivity index (χ4n) is 4.40. The minimum absolute atomic E-state index is 0.0331. The molecule has 44 heavy (non-hydrogen) atoms. The van der Waals surface area contributed by atoms with E-state index in [4.69, 9.17) is 15.2 Å². The molecule has 0 atom stereocenters. The molecule has 4 N–H and O–H groups in total. The molecule has 230 valence electrons. The molecule has 2 amide bonds. The number of ether oxygens (including phenoxy) is 2. The Morgan fingerprint density at radius 2 is 1.82 bits per heavy atom. The van der Waals surface area contributed by atoms with Crippen LogP contribution >= 0.6 is 0 Å². The molecular weight excluding hydrogens is 562 g/mol. The van der Waals surface area contributed by atoms with E-state index in [1.54, 1.807) is 54.7 Å². The number of carbonyl (C=O) groups is 3. The number of nitrogens with one attached hydrogen (secondary N) is 2. The number of amidine groups is 1. The molecule has 0 aliphatic heterocycles. The van der Waals surface area contributed by atoms with E-state index >= 15 is 0 Å². The van der Waals surface area contributed by atoms with Gasteiger partial charge in [-0.25, -0.2) is 14.8 Å². The number of aliphatic imine (C=N–C) groups is 1. The van der Waals surface area contributed by atoms with Crippen molar-refractivity contribution in [3.8, 4) is 0 Å². The number of rotatable bonds is 14. The summed E-state index contributed by atoms with van der Waals surface area (Å²) in [6.07, 6.45) is 4.97. The summed E-state index contributed by atoms with van der Waals surface area (Å²) < 4.78 is 9.87. The summed E-state index contributed by atoms with van der Waals surface area (Å²) in [6, 6.07) is 17.6. The number of carbonyl (C=O) groups excluding carboxylic acids is 3. The number of unbranched alkanes of at least 4 members (excludes halogenated alkanes) is 3. The largest absolute Gasteiger partial charge is 0.469 e. The maximum Gasteiger partial charge on any atom is 0.435 e. The average Bonchev–Trinajstić information content (AvgIpc) is 3.46. The van der Waals surface area contributed by atoms with Crippen molar-refractivity contribution < 1.29 is 23.9 Å². The number of hydrogen-bond donors (Lipinski definition) is 3. The van der Waals surface area contributed by atoms with Gasteiger partial charge in [-0.1, -0.05) is 32.3 Å². The first-order valence-corrected chi connectivity index (χ1v) is 14.5. The van der Waals surface area contributed by atoms with E-state index in [9.17, 15) is 14.4 Å². The van der Waals surface area contributed by atoms with Gasteiger partial charge in [0, 0.05) is 29.6 Å². The van der Waals surface area contributed by atoms with Crippen molar-refractivity contribution in [2.45, 2.75) is 45.6 Å². The highest BCUT2D eigenvalue weighted by atomic mass is 16.5. The van der Waals surface area contributed by atoms with Gasteiger partial charge in [0.05, 0.1) is 37.7 Å². The van der Waals surface area contributed by atoms with Crippen LogP contribution in [0, 0.1) is 0 Å². The number of esters is 1. The van der Waals surface area contributed by atoms with E-state index < -0.39 is 12.1 Å². The summed E-state index contributed by atoms with van der Waals surface area (Å²) in [5.74, 6) is 0.469. The molecule has 0 spiro atoms. The van der Waals surface area contributed by atoms with Crippen LogP contribution in [-0.4, -0.2) is 59.0 Å². The Balaban J connectivity index is 1.37. The fraction of sp³-hybridized carbons (Fsp3) is 0.312. The standard InChI is InChI=1S/C32H37N7O5/c1-3-4-5-8-19-44-32(42)38-30(33)22-10-13-24(14-11-22)35-21-27-36-25-15-12-23(20-26(25)37-27)31(41)39(18-16-29(40)43-2)28-9-6-7-17-34-28/h6-7,9-15,17,20,35H,3-5,8,16,18-19,21H2,1-2H3,(H,36,37)(H2,33,38,42). The van der Waals surface area contributed by atoms with Crippen LogP contribution in [0.3, 0.4) is 0 Å². The zero-order valence-electron chi connectivity index (χ0n) is 24.9. The second kappa shape index (κ2) is 15.8. The van der Waals surface area contributed by atoms with Gasteiger partial charge in [-0.3, -0.25) is 14.5 Å². The predicted molar refractivity (Wildman–Crippen MR) is 169 cm³/mol. The molecule has 0 unspecified atom stereocenters. The van der Waals surface area contributed by atoms with E-state index in [1.165, 1.54) is 12.0 Å². The fourth-order valence-corrected chi connectivity index (χ4v) is 4.40. The number of hydrogen-bond acceptors (Lipinski definition) is 8. The number of fused-ring (bicyclic) bond motifs is 1. The highest BCUT2D eigenvalue weighted by molar-refractivity contribution is 6.07. The van der Waals surface area contributed by atoms with Gasteiger partial charge in [0.15, 0.2) is 0 Å².